The van der Waals surface area contributed by atoms with E-state index in [1.165, 1.54) is 10.4 Å². The third-order valence-corrected chi connectivity index (χ3v) is 6.80. The van der Waals surface area contributed by atoms with Crippen LogP contribution >= 0.6 is 11.3 Å². The van der Waals surface area contributed by atoms with Crippen molar-refractivity contribution in [3.8, 4) is 6.07 Å². The van der Waals surface area contributed by atoms with Crippen LogP contribution in [0.2, 0.25) is 0 Å². The van der Waals surface area contributed by atoms with Crippen molar-refractivity contribution in [2.24, 2.45) is 0 Å². The van der Waals surface area contributed by atoms with Crippen LogP contribution in [-0.4, -0.2) is 50.8 Å². The van der Waals surface area contributed by atoms with Gasteiger partial charge in [-0.2, -0.15) is 9.57 Å². The Kier molecular flexibility index (Phi) is 4.26. The largest absolute Gasteiger partial charge is 0.306 e. The zero-order valence-electron chi connectivity index (χ0n) is 11.0. The van der Waals surface area contributed by atoms with Gasteiger partial charge in [0, 0.05) is 19.1 Å². The first-order chi connectivity index (χ1) is 8.95. The molecule has 1 aliphatic heterocycles. The zero-order chi connectivity index (χ0) is 14.0. The van der Waals surface area contributed by atoms with E-state index in [4.69, 9.17) is 5.26 Å². The predicted molar refractivity (Wildman–Crippen MR) is 74.5 cm³/mol. The zero-order valence-corrected chi connectivity index (χ0v) is 12.7. The average molecular weight is 299 g/mol. The van der Waals surface area contributed by atoms with Crippen LogP contribution in [0.1, 0.15) is 17.7 Å². The van der Waals surface area contributed by atoms with Gasteiger partial charge in [0.2, 0.25) is 0 Å². The molecule has 0 unspecified atom stereocenters. The van der Waals surface area contributed by atoms with Crippen molar-refractivity contribution in [2.75, 3.05) is 27.2 Å². The lowest BCUT2D eigenvalue weighted by Crippen LogP contribution is -2.44. The lowest BCUT2D eigenvalue weighted by Gasteiger charge is -2.34. The summed E-state index contributed by atoms with van der Waals surface area (Å²) >= 11 is 1.04. The summed E-state index contributed by atoms with van der Waals surface area (Å²) in [4.78, 5) is 2.57. The molecule has 1 fully saturated rings. The number of thiophene rings is 1. The van der Waals surface area contributed by atoms with Crippen molar-refractivity contribution < 1.29 is 8.42 Å². The number of nitrogens with zero attached hydrogens (tertiary/aromatic N) is 3. The molecule has 1 aromatic heterocycles. The highest BCUT2D eigenvalue weighted by molar-refractivity contribution is 7.91. The predicted octanol–water partition coefficient (Wildman–Crippen LogP) is 1.33. The monoisotopic (exact) mass is 299 g/mol. The van der Waals surface area contributed by atoms with Gasteiger partial charge in [-0.3, -0.25) is 0 Å². The maximum atomic E-state index is 12.4. The summed E-state index contributed by atoms with van der Waals surface area (Å²) in [7, 11) is 0.624. The van der Waals surface area contributed by atoms with Crippen LogP contribution in [0.5, 0.6) is 0 Å². The van der Waals surface area contributed by atoms with E-state index in [1.807, 2.05) is 20.2 Å². The van der Waals surface area contributed by atoms with E-state index < -0.39 is 10.0 Å². The van der Waals surface area contributed by atoms with Gasteiger partial charge in [0.1, 0.15) is 15.2 Å². The highest BCUT2D eigenvalue weighted by atomic mass is 32.2. The molecule has 0 saturated carbocycles. The highest BCUT2D eigenvalue weighted by Gasteiger charge is 2.30. The molecule has 19 heavy (non-hydrogen) atoms. The summed E-state index contributed by atoms with van der Waals surface area (Å²) < 4.78 is 26.6. The van der Waals surface area contributed by atoms with Crippen LogP contribution in [0.25, 0.3) is 0 Å². The molecule has 2 rings (SSSR count). The Hall–Kier alpha value is -0.940. The Labute approximate surface area is 118 Å². The molecule has 0 aliphatic carbocycles. The third kappa shape index (κ3) is 2.98. The number of hydrogen-bond acceptors (Lipinski definition) is 5. The van der Waals surface area contributed by atoms with Crippen LogP contribution in [0, 0.1) is 11.3 Å². The maximum Gasteiger partial charge on any atom is 0.252 e. The van der Waals surface area contributed by atoms with Crippen LogP contribution in [0.4, 0.5) is 0 Å². The van der Waals surface area contributed by atoms with E-state index in [-0.39, 0.29) is 4.21 Å². The second kappa shape index (κ2) is 5.59. The fourth-order valence-electron chi connectivity index (χ4n) is 2.25. The molecule has 0 spiro atoms. The Balaban J connectivity index is 2.12. The van der Waals surface area contributed by atoms with Gasteiger partial charge >= 0.3 is 0 Å². The molecular formula is C12H17N3O2S2. The van der Waals surface area contributed by atoms with E-state index in [0.717, 1.165) is 24.2 Å². The molecule has 7 heteroatoms. The normalized spacial score (nSPS) is 18.6. The molecule has 1 aromatic rings. The van der Waals surface area contributed by atoms with Crippen LogP contribution in [-0.2, 0) is 10.0 Å². The van der Waals surface area contributed by atoms with Crippen molar-refractivity contribution >= 4 is 21.4 Å². The molecule has 0 amide bonds. The Morgan fingerprint density at radius 3 is 2.47 bits per heavy atom. The first kappa shape index (κ1) is 14.5. The Morgan fingerprint density at radius 2 is 2.00 bits per heavy atom. The summed E-state index contributed by atoms with van der Waals surface area (Å²) in [5, 5.41) is 8.77. The summed E-state index contributed by atoms with van der Waals surface area (Å²) in [6.45, 7) is 1.09. The lowest BCUT2D eigenvalue weighted by molar-refractivity contribution is 0.197. The van der Waals surface area contributed by atoms with Crippen molar-refractivity contribution in [1.82, 2.24) is 9.21 Å². The molecule has 104 valence electrons. The SMILES string of the molecule is CN(C)C1CCN(S(=O)(=O)c2ccc(C#N)s2)CC1. The standard InChI is InChI=1S/C12H17N3O2S2/c1-14(2)10-5-7-15(8-6-10)19(16,17)12-4-3-11(9-13)18-12/h3-4,10H,5-8H2,1-2H3. The first-order valence-corrected chi connectivity index (χ1v) is 8.37. The molecule has 0 radical (unpaired) electrons. The minimum atomic E-state index is -3.42. The topological polar surface area (TPSA) is 64.4 Å². The van der Waals surface area contributed by atoms with Gasteiger partial charge in [0.05, 0.1) is 0 Å². The van der Waals surface area contributed by atoms with Crippen molar-refractivity contribution in [1.29, 1.82) is 5.26 Å². The minimum Gasteiger partial charge on any atom is -0.306 e. The smallest absolute Gasteiger partial charge is 0.252 e. The van der Waals surface area contributed by atoms with Crippen LogP contribution in [0.15, 0.2) is 16.3 Å². The Bertz CT molecular complexity index is 578. The first-order valence-electron chi connectivity index (χ1n) is 6.11. The van der Waals surface area contributed by atoms with Crippen molar-refractivity contribution in [3.63, 3.8) is 0 Å². The van der Waals surface area contributed by atoms with Crippen molar-refractivity contribution in [3.05, 3.63) is 17.0 Å². The van der Waals surface area contributed by atoms with Crippen molar-refractivity contribution in [2.45, 2.75) is 23.1 Å². The second-order valence-corrected chi connectivity index (χ2v) is 8.08. The summed E-state index contributed by atoms with van der Waals surface area (Å²) in [5.41, 5.74) is 0. The quantitative estimate of drug-likeness (QED) is 0.845. The van der Waals surface area contributed by atoms with Gasteiger partial charge in [-0.25, -0.2) is 8.42 Å². The number of nitriles is 1. The summed E-state index contributed by atoms with van der Waals surface area (Å²) in [5.74, 6) is 0. The molecule has 0 bridgehead atoms. The summed E-state index contributed by atoms with van der Waals surface area (Å²) in [6, 6.07) is 5.51. The highest BCUT2D eigenvalue weighted by Crippen LogP contribution is 2.27. The van der Waals surface area contributed by atoms with E-state index in [0.29, 0.717) is 24.0 Å². The van der Waals surface area contributed by atoms with Gasteiger partial charge in [0.15, 0.2) is 0 Å². The van der Waals surface area contributed by atoms with Gasteiger partial charge in [-0.05, 0) is 39.1 Å². The molecule has 0 atom stereocenters. The average Bonchev–Trinajstić information content (AvgIpc) is 2.88. The third-order valence-electron chi connectivity index (χ3n) is 3.44. The van der Waals surface area contributed by atoms with Gasteiger partial charge < -0.3 is 4.90 Å². The van der Waals surface area contributed by atoms with E-state index >= 15 is 0 Å². The molecule has 0 aromatic carbocycles. The van der Waals surface area contributed by atoms with Gasteiger partial charge in [0.25, 0.3) is 10.0 Å². The number of piperidine rings is 1. The minimum absolute atomic E-state index is 0.271. The maximum absolute atomic E-state index is 12.4. The van der Waals surface area contributed by atoms with Crippen LogP contribution in [0.3, 0.4) is 0 Å². The molecular weight excluding hydrogens is 282 g/mol. The van der Waals surface area contributed by atoms with E-state index in [1.54, 1.807) is 6.07 Å². The number of sulfonamides is 1. The van der Waals surface area contributed by atoms with E-state index in [2.05, 4.69) is 4.90 Å². The molecule has 5 nitrogen and oxygen atoms in total. The lowest BCUT2D eigenvalue weighted by atomic mass is 10.1. The van der Waals surface area contributed by atoms with Gasteiger partial charge in [-0.1, -0.05) is 0 Å². The molecule has 0 N–H and O–H groups in total. The fraction of sp³-hybridized carbons (Fsp3) is 0.583. The summed E-state index contributed by atoms with van der Waals surface area (Å²) in [6.07, 6.45) is 1.70. The van der Waals surface area contributed by atoms with Crippen LogP contribution < -0.4 is 0 Å². The molecule has 1 saturated heterocycles. The Morgan fingerprint density at radius 1 is 1.37 bits per heavy atom. The number of rotatable bonds is 3. The molecule has 2 heterocycles. The second-order valence-electron chi connectivity index (χ2n) is 4.83. The fourth-order valence-corrected chi connectivity index (χ4v) is 4.97. The van der Waals surface area contributed by atoms with Gasteiger partial charge in [-0.15, -0.1) is 11.3 Å². The number of hydrogen-bond donors (Lipinski definition) is 0. The van der Waals surface area contributed by atoms with E-state index in [9.17, 15) is 8.42 Å². The molecule has 1 aliphatic rings.